The van der Waals surface area contributed by atoms with E-state index in [9.17, 15) is 4.79 Å². The number of allylic oxidation sites excluding steroid dienone is 5. The van der Waals surface area contributed by atoms with Crippen molar-refractivity contribution in [2.45, 2.75) is 65.7 Å². The van der Waals surface area contributed by atoms with Gasteiger partial charge in [-0.15, -0.1) is 0 Å². The summed E-state index contributed by atoms with van der Waals surface area (Å²) < 4.78 is 5.99. The number of fused-ring (bicyclic) bond motifs is 1. The highest BCUT2D eigenvalue weighted by atomic mass is 16.4. The van der Waals surface area contributed by atoms with Crippen LogP contribution >= 0.6 is 0 Å². The average Bonchev–Trinajstić information content (AvgIpc) is 3.44. The molecular weight excluding hydrogens is 446 g/mol. The Labute approximate surface area is 213 Å². The Kier molecular flexibility index (Phi) is 6.82. The maximum atomic E-state index is 12.9. The lowest BCUT2D eigenvalue weighted by molar-refractivity contribution is -0.119. The van der Waals surface area contributed by atoms with Gasteiger partial charge in [0.1, 0.15) is 5.52 Å². The number of anilines is 2. The van der Waals surface area contributed by atoms with Crippen molar-refractivity contribution in [3.63, 3.8) is 0 Å². The molecule has 0 spiro atoms. The topological polar surface area (TPSA) is 67.2 Å². The van der Waals surface area contributed by atoms with Crippen LogP contribution in [0.4, 0.5) is 11.7 Å². The quantitative estimate of drug-likeness (QED) is 0.365. The van der Waals surface area contributed by atoms with Crippen LogP contribution in [0.3, 0.4) is 0 Å². The zero-order valence-corrected chi connectivity index (χ0v) is 21.5. The second-order valence-corrected chi connectivity index (χ2v) is 10.2. The van der Waals surface area contributed by atoms with E-state index in [4.69, 9.17) is 4.42 Å². The fraction of sp³-hybridized carbons (Fsp3) is 0.355. The maximum Gasteiger partial charge on any atom is 0.300 e. The largest absolute Gasteiger partial charge is 0.423 e. The fourth-order valence-corrected chi connectivity index (χ4v) is 5.66. The van der Waals surface area contributed by atoms with Gasteiger partial charge >= 0.3 is 0 Å². The minimum absolute atomic E-state index is 0.0306. The van der Waals surface area contributed by atoms with E-state index in [1.54, 1.807) is 0 Å². The standard InChI is InChI=1S/C31H35N3O2/c1-4-31(16-7-8-17-31)24-11-9-12-25(15-14-24)32-28(35)20-23-18-22(3)29-27(19-23)36-30(34-29)33-26-13-6-5-10-21(26)2/h5-6,10-15,18-19H,4,7-9,16-17,20H2,1-3H3,(H,32,35)(H,33,34). The minimum atomic E-state index is -0.0306. The van der Waals surface area contributed by atoms with Crippen molar-refractivity contribution in [1.82, 2.24) is 10.3 Å². The van der Waals surface area contributed by atoms with Crippen molar-refractivity contribution in [2.75, 3.05) is 5.32 Å². The van der Waals surface area contributed by atoms with E-state index in [0.717, 1.165) is 40.0 Å². The summed E-state index contributed by atoms with van der Waals surface area (Å²) in [5, 5.41) is 6.37. The van der Waals surface area contributed by atoms with Gasteiger partial charge in [-0.2, -0.15) is 4.98 Å². The minimum Gasteiger partial charge on any atom is -0.423 e. The van der Waals surface area contributed by atoms with E-state index >= 15 is 0 Å². The number of oxazole rings is 1. The summed E-state index contributed by atoms with van der Waals surface area (Å²) in [7, 11) is 0. The fourth-order valence-electron chi connectivity index (χ4n) is 5.66. The van der Waals surface area contributed by atoms with Gasteiger partial charge in [0.15, 0.2) is 5.58 Å². The monoisotopic (exact) mass is 481 g/mol. The van der Waals surface area contributed by atoms with Crippen LogP contribution in [-0.4, -0.2) is 10.9 Å². The second-order valence-electron chi connectivity index (χ2n) is 10.2. The number of benzene rings is 2. The van der Waals surface area contributed by atoms with E-state index in [2.05, 4.69) is 46.8 Å². The first-order valence-electron chi connectivity index (χ1n) is 13.1. The van der Waals surface area contributed by atoms with Crippen molar-refractivity contribution in [1.29, 1.82) is 0 Å². The number of hydrogen-bond acceptors (Lipinski definition) is 4. The van der Waals surface area contributed by atoms with E-state index in [1.807, 2.05) is 50.2 Å². The molecule has 1 heterocycles. The Balaban J connectivity index is 1.26. The molecule has 36 heavy (non-hydrogen) atoms. The highest BCUT2D eigenvalue weighted by molar-refractivity contribution is 5.84. The number of rotatable bonds is 7. The van der Waals surface area contributed by atoms with Gasteiger partial charge in [-0.3, -0.25) is 4.79 Å². The van der Waals surface area contributed by atoms with Crippen LogP contribution in [-0.2, 0) is 11.2 Å². The number of aryl methyl sites for hydroxylation is 2. The SMILES string of the molecule is CCC1(C2=CCC=C(NC(=O)Cc3cc(C)c4nc(Nc5ccccc5C)oc4c3)C=C2)CCCC1. The molecule has 0 atom stereocenters. The van der Waals surface area contributed by atoms with Crippen LogP contribution in [0.1, 0.15) is 62.1 Å². The van der Waals surface area contributed by atoms with Crippen molar-refractivity contribution < 1.29 is 9.21 Å². The predicted octanol–water partition coefficient (Wildman–Crippen LogP) is 7.59. The lowest BCUT2D eigenvalue weighted by Crippen LogP contribution is -2.23. The lowest BCUT2D eigenvalue weighted by atomic mass is 9.75. The normalized spacial score (nSPS) is 17.0. The number of aromatic nitrogens is 1. The van der Waals surface area contributed by atoms with E-state index in [1.165, 1.54) is 37.7 Å². The second kappa shape index (κ2) is 10.2. The molecule has 1 aromatic heterocycles. The number of nitrogens with zero attached hydrogens (tertiary/aromatic N) is 1. The highest BCUT2D eigenvalue weighted by Crippen LogP contribution is 2.47. The lowest BCUT2D eigenvalue weighted by Gasteiger charge is -2.29. The first-order chi connectivity index (χ1) is 17.5. The molecule has 1 amide bonds. The average molecular weight is 482 g/mol. The molecule has 2 aromatic carbocycles. The summed E-state index contributed by atoms with van der Waals surface area (Å²) in [6, 6.07) is 12.4. The van der Waals surface area contributed by atoms with Crippen molar-refractivity contribution in [2.24, 2.45) is 5.41 Å². The van der Waals surface area contributed by atoms with E-state index in [0.29, 0.717) is 17.0 Å². The summed E-state index contributed by atoms with van der Waals surface area (Å²) in [6.07, 6.45) is 16.2. The van der Waals surface area contributed by atoms with Crippen LogP contribution in [0.5, 0.6) is 0 Å². The molecule has 0 radical (unpaired) electrons. The van der Waals surface area contributed by atoms with Gasteiger partial charge in [0.05, 0.1) is 6.42 Å². The molecule has 2 aliphatic rings. The predicted molar refractivity (Wildman–Crippen MR) is 146 cm³/mol. The molecule has 186 valence electrons. The summed E-state index contributed by atoms with van der Waals surface area (Å²) in [6.45, 7) is 6.34. The van der Waals surface area contributed by atoms with Gasteiger partial charge in [0.2, 0.25) is 5.91 Å². The third-order valence-electron chi connectivity index (χ3n) is 7.75. The summed E-state index contributed by atoms with van der Waals surface area (Å²) in [4.78, 5) is 17.5. The van der Waals surface area contributed by atoms with Gasteiger partial charge < -0.3 is 15.1 Å². The Bertz CT molecular complexity index is 1370. The molecule has 5 heteroatoms. The molecular formula is C31H35N3O2. The van der Waals surface area contributed by atoms with Crippen molar-refractivity contribution >= 4 is 28.7 Å². The van der Waals surface area contributed by atoms with Crippen LogP contribution < -0.4 is 10.6 Å². The molecule has 5 nitrogen and oxygen atoms in total. The number of hydrogen-bond donors (Lipinski definition) is 2. The van der Waals surface area contributed by atoms with Crippen LogP contribution in [0.15, 0.2) is 76.4 Å². The molecule has 3 aromatic rings. The Morgan fingerprint density at radius 1 is 1.06 bits per heavy atom. The van der Waals surface area contributed by atoms with Gasteiger partial charge in [-0.05, 0) is 85.4 Å². The number of carbonyl (C=O) groups is 1. The van der Waals surface area contributed by atoms with E-state index in [-0.39, 0.29) is 12.3 Å². The zero-order valence-electron chi connectivity index (χ0n) is 21.5. The number of amides is 1. The van der Waals surface area contributed by atoms with Gasteiger partial charge in [-0.1, -0.05) is 62.3 Å². The summed E-state index contributed by atoms with van der Waals surface area (Å²) in [5.74, 6) is -0.0306. The van der Waals surface area contributed by atoms with Crippen LogP contribution in [0.25, 0.3) is 11.1 Å². The number of carbonyl (C=O) groups excluding carboxylic acids is 1. The Morgan fingerprint density at radius 2 is 1.86 bits per heavy atom. The third kappa shape index (κ3) is 5.01. The van der Waals surface area contributed by atoms with Crippen LogP contribution in [0, 0.1) is 19.3 Å². The first-order valence-corrected chi connectivity index (χ1v) is 13.1. The van der Waals surface area contributed by atoms with Gasteiger partial charge in [0, 0.05) is 11.4 Å². The molecule has 0 saturated heterocycles. The van der Waals surface area contributed by atoms with Crippen molar-refractivity contribution in [3.05, 3.63) is 88.7 Å². The smallest absolute Gasteiger partial charge is 0.300 e. The molecule has 2 N–H and O–H groups in total. The maximum absolute atomic E-state index is 12.9. The van der Waals surface area contributed by atoms with E-state index < -0.39 is 0 Å². The number of para-hydroxylation sites is 1. The molecule has 2 aliphatic carbocycles. The zero-order chi connectivity index (χ0) is 25.1. The summed E-state index contributed by atoms with van der Waals surface area (Å²) in [5.41, 5.74) is 8.08. The Morgan fingerprint density at radius 3 is 2.64 bits per heavy atom. The number of nitrogens with one attached hydrogen (secondary N) is 2. The highest BCUT2D eigenvalue weighted by Gasteiger charge is 2.34. The molecule has 0 bridgehead atoms. The van der Waals surface area contributed by atoms with Crippen molar-refractivity contribution in [3.8, 4) is 0 Å². The Hall–Kier alpha value is -3.60. The molecule has 0 unspecified atom stereocenters. The first kappa shape index (κ1) is 24.1. The van der Waals surface area contributed by atoms with Gasteiger partial charge in [-0.25, -0.2) is 0 Å². The molecule has 1 saturated carbocycles. The van der Waals surface area contributed by atoms with Crippen LogP contribution in [0.2, 0.25) is 0 Å². The molecule has 5 rings (SSSR count). The van der Waals surface area contributed by atoms with Gasteiger partial charge in [0.25, 0.3) is 6.01 Å². The summed E-state index contributed by atoms with van der Waals surface area (Å²) >= 11 is 0. The third-order valence-corrected chi connectivity index (χ3v) is 7.75. The molecule has 0 aliphatic heterocycles. The molecule has 1 fully saturated rings.